The van der Waals surface area contributed by atoms with Crippen molar-refractivity contribution in [3.8, 4) is 0 Å². The van der Waals surface area contributed by atoms with Gasteiger partial charge in [-0.1, -0.05) is 29.8 Å². The molecule has 2 aromatic heterocycles. The van der Waals surface area contributed by atoms with Crippen molar-refractivity contribution in [2.24, 2.45) is 0 Å². The van der Waals surface area contributed by atoms with E-state index in [1.807, 2.05) is 43.3 Å². The second-order valence-electron chi connectivity index (χ2n) is 5.70. The lowest BCUT2D eigenvalue weighted by atomic mass is 10.1. The minimum atomic E-state index is 0.542. The van der Waals surface area contributed by atoms with Gasteiger partial charge in [-0.2, -0.15) is 0 Å². The lowest BCUT2D eigenvalue weighted by Crippen LogP contribution is -1.92. The van der Waals surface area contributed by atoms with Crippen LogP contribution in [0.15, 0.2) is 55.0 Å². The van der Waals surface area contributed by atoms with Crippen molar-refractivity contribution in [2.45, 2.75) is 13.8 Å². The summed E-state index contributed by atoms with van der Waals surface area (Å²) < 4.78 is 0. The molecule has 0 fully saturated rings. The molecule has 4 rings (SSSR count). The lowest BCUT2D eigenvalue weighted by molar-refractivity contribution is 1.23. The molecule has 2 aromatic carbocycles. The number of nitrogens with two attached hydrogens (primary N) is 2. The fourth-order valence-corrected chi connectivity index (χ4v) is 2.51. The van der Waals surface area contributed by atoms with E-state index in [9.17, 15) is 0 Å². The normalized spacial score (nSPS) is 10.4. The topological polar surface area (TPSA) is 90.7 Å². The van der Waals surface area contributed by atoms with Gasteiger partial charge in [0, 0.05) is 17.0 Å². The van der Waals surface area contributed by atoms with Crippen molar-refractivity contribution in [3.05, 3.63) is 66.1 Å². The number of hydrogen-bond donors (Lipinski definition) is 2. The van der Waals surface area contributed by atoms with Crippen molar-refractivity contribution in [1.29, 1.82) is 0 Å². The summed E-state index contributed by atoms with van der Waals surface area (Å²) in [5, 5.41) is 3.11. The summed E-state index contributed by atoms with van der Waals surface area (Å²) in [6.45, 7) is 4.09. The van der Waals surface area contributed by atoms with Crippen LogP contribution in [0.25, 0.3) is 21.7 Å². The maximum absolute atomic E-state index is 5.70. The average molecular weight is 317 g/mol. The predicted octanol–water partition coefficient (Wildman–Crippen LogP) is 3.65. The molecule has 5 nitrogen and oxygen atoms in total. The second-order valence-corrected chi connectivity index (χ2v) is 5.70. The summed E-state index contributed by atoms with van der Waals surface area (Å²) in [7, 11) is 0. The fourth-order valence-electron chi connectivity index (χ4n) is 2.51. The van der Waals surface area contributed by atoms with Crippen molar-refractivity contribution >= 4 is 33.3 Å². The van der Waals surface area contributed by atoms with Gasteiger partial charge >= 0.3 is 0 Å². The van der Waals surface area contributed by atoms with Crippen LogP contribution in [-0.2, 0) is 0 Å². The smallest absolute Gasteiger partial charge is 0.134 e. The van der Waals surface area contributed by atoms with E-state index < -0.39 is 0 Å². The molecule has 5 heteroatoms. The van der Waals surface area contributed by atoms with Crippen molar-refractivity contribution in [1.82, 2.24) is 15.0 Å². The first-order chi connectivity index (χ1) is 11.5. The van der Waals surface area contributed by atoms with Gasteiger partial charge in [0.05, 0.1) is 5.52 Å². The molecular formula is C19H19N5. The molecule has 120 valence electrons. The standard InChI is InChI=1S/C10H10N2.C9H9N3/c1-7-2-3-9-8(6-7)4-5-12-10(9)11;1-6-2-3-7-8(4-6)11-5-12-9(7)10/h2-6H,1H3,(H2,11,12);2-5H,1H3,(H2,10,11,12). The van der Waals surface area contributed by atoms with E-state index in [2.05, 4.69) is 27.9 Å². The molecule has 0 radical (unpaired) electrons. The summed E-state index contributed by atoms with van der Waals surface area (Å²) in [6.07, 6.45) is 3.22. The monoisotopic (exact) mass is 317 g/mol. The van der Waals surface area contributed by atoms with Gasteiger partial charge in [-0.05, 0) is 43.0 Å². The molecule has 4 N–H and O–H groups in total. The van der Waals surface area contributed by atoms with E-state index in [-0.39, 0.29) is 0 Å². The number of nitrogen functional groups attached to an aromatic ring is 2. The highest BCUT2D eigenvalue weighted by Crippen LogP contribution is 2.19. The Morgan fingerprint density at radius 3 is 2.17 bits per heavy atom. The maximum Gasteiger partial charge on any atom is 0.134 e. The van der Waals surface area contributed by atoms with Gasteiger partial charge in [-0.15, -0.1) is 0 Å². The van der Waals surface area contributed by atoms with Crippen LogP contribution in [0.4, 0.5) is 11.6 Å². The van der Waals surface area contributed by atoms with Crippen LogP contribution in [0.5, 0.6) is 0 Å². The van der Waals surface area contributed by atoms with Crippen LogP contribution in [0.3, 0.4) is 0 Å². The third-order valence-corrected chi connectivity index (χ3v) is 3.77. The average Bonchev–Trinajstić information content (AvgIpc) is 2.55. The molecule has 0 saturated heterocycles. The van der Waals surface area contributed by atoms with E-state index in [1.54, 1.807) is 6.20 Å². The number of rotatable bonds is 0. The number of aromatic nitrogens is 3. The molecule has 0 aliphatic rings. The highest BCUT2D eigenvalue weighted by Gasteiger charge is 1.98. The van der Waals surface area contributed by atoms with Crippen LogP contribution in [-0.4, -0.2) is 15.0 Å². The van der Waals surface area contributed by atoms with Gasteiger partial charge in [0.25, 0.3) is 0 Å². The largest absolute Gasteiger partial charge is 0.383 e. The van der Waals surface area contributed by atoms with Gasteiger partial charge in [-0.25, -0.2) is 15.0 Å². The molecule has 0 saturated carbocycles. The highest BCUT2D eigenvalue weighted by molar-refractivity contribution is 5.91. The zero-order valence-electron chi connectivity index (χ0n) is 13.7. The Morgan fingerprint density at radius 2 is 1.38 bits per heavy atom. The number of nitrogens with zero attached hydrogens (tertiary/aromatic N) is 3. The van der Waals surface area contributed by atoms with Crippen molar-refractivity contribution in [3.63, 3.8) is 0 Å². The van der Waals surface area contributed by atoms with Crippen LogP contribution in [0.2, 0.25) is 0 Å². The Hall–Kier alpha value is -3.21. The summed E-state index contributed by atoms with van der Waals surface area (Å²) in [5.41, 5.74) is 14.7. The first-order valence-corrected chi connectivity index (χ1v) is 7.62. The Labute approximate surface area is 140 Å². The molecule has 0 spiro atoms. The van der Waals surface area contributed by atoms with Crippen molar-refractivity contribution < 1.29 is 0 Å². The predicted molar refractivity (Wildman–Crippen MR) is 99.6 cm³/mol. The first kappa shape index (κ1) is 15.7. The molecule has 0 aliphatic carbocycles. The maximum atomic E-state index is 5.70. The Kier molecular flexibility index (Phi) is 4.24. The third kappa shape index (κ3) is 3.25. The minimum Gasteiger partial charge on any atom is -0.383 e. The number of fused-ring (bicyclic) bond motifs is 2. The SMILES string of the molecule is Cc1ccc2c(N)nccc2c1.Cc1ccc2c(N)ncnc2c1. The second kappa shape index (κ2) is 6.50. The zero-order valence-corrected chi connectivity index (χ0v) is 13.7. The number of aryl methyl sites for hydroxylation is 2. The van der Waals surface area contributed by atoms with E-state index in [4.69, 9.17) is 11.5 Å². The Morgan fingerprint density at radius 1 is 0.708 bits per heavy atom. The van der Waals surface area contributed by atoms with E-state index in [0.717, 1.165) is 21.7 Å². The summed E-state index contributed by atoms with van der Waals surface area (Å²) in [5.74, 6) is 1.15. The van der Waals surface area contributed by atoms with Crippen molar-refractivity contribution in [2.75, 3.05) is 11.5 Å². The highest BCUT2D eigenvalue weighted by atomic mass is 14.9. The van der Waals surface area contributed by atoms with Gasteiger partial charge in [0.2, 0.25) is 0 Å². The fraction of sp³-hybridized carbons (Fsp3) is 0.105. The molecule has 4 aromatic rings. The molecule has 0 bridgehead atoms. The molecule has 0 amide bonds. The number of pyridine rings is 1. The van der Waals surface area contributed by atoms with Gasteiger partial charge < -0.3 is 11.5 Å². The molecular weight excluding hydrogens is 298 g/mol. The summed E-state index contributed by atoms with van der Waals surface area (Å²) >= 11 is 0. The first-order valence-electron chi connectivity index (χ1n) is 7.62. The lowest BCUT2D eigenvalue weighted by Gasteiger charge is -2.00. The van der Waals surface area contributed by atoms with E-state index in [1.165, 1.54) is 17.5 Å². The minimum absolute atomic E-state index is 0.542. The number of anilines is 2. The van der Waals surface area contributed by atoms with E-state index >= 15 is 0 Å². The zero-order chi connectivity index (χ0) is 17.1. The van der Waals surface area contributed by atoms with Gasteiger partial charge in [0.15, 0.2) is 0 Å². The Balaban J connectivity index is 0.000000141. The van der Waals surface area contributed by atoms with Gasteiger partial charge in [0.1, 0.15) is 18.0 Å². The molecule has 24 heavy (non-hydrogen) atoms. The summed E-state index contributed by atoms with van der Waals surface area (Å²) in [6, 6.07) is 14.1. The van der Waals surface area contributed by atoms with Crippen LogP contribution < -0.4 is 11.5 Å². The molecule has 0 atom stereocenters. The quantitative estimate of drug-likeness (QED) is 0.516. The van der Waals surface area contributed by atoms with Gasteiger partial charge in [-0.3, -0.25) is 0 Å². The molecule has 2 heterocycles. The summed E-state index contributed by atoms with van der Waals surface area (Å²) in [4.78, 5) is 12.0. The number of benzene rings is 2. The van der Waals surface area contributed by atoms with E-state index in [0.29, 0.717) is 11.6 Å². The molecule has 0 aliphatic heterocycles. The number of hydrogen-bond acceptors (Lipinski definition) is 5. The van der Waals surface area contributed by atoms with Crippen LogP contribution >= 0.6 is 0 Å². The van der Waals surface area contributed by atoms with Crippen LogP contribution in [0.1, 0.15) is 11.1 Å². The van der Waals surface area contributed by atoms with Crippen LogP contribution in [0, 0.1) is 13.8 Å². The third-order valence-electron chi connectivity index (χ3n) is 3.77. The molecule has 0 unspecified atom stereocenters. The Bertz CT molecular complexity index is 928.